The molecule has 0 spiro atoms. The predicted molar refractivity (Wildman–Crippen MR) is 80.2 cm³/mol. The first-order valence-electron chi connectivity index (χ1n) is 5.99. The molecule has 2 aromatic carbocycles. The fourth-order valence-electron chi connectivity index (χ4n) is 2.34. The fraction of sp³-hybridized carbons (Fsp3) is 0. The second kappa shape index (κ2) is 4.25. The zero-order valence-electron chi connectivity index (χ0n) is 10.3. The molecule has 0 aliphatic rings. The lowest BCUT2D eigenvalue weighted by Gasteiger charge is -2.06. The predicted octanol–water partition coefficient (Wildman–Crippen LogP) is 4.23. The number of benzene rings is 2. The molecular weight excluding hydrogens is 236 g/mol. The molecule has 0 atom stereocenters. The second-order valence-corrected chi connectivity index (χ2v) is 4.28. The maximum atomic E-state index is 12.6. The van der Waals surface area contributed by atoms with Crippen LogP contribution >= 0.6 is 0 Å². The van der Waals surface area contributed by atoms with Gasteiger partial charge in [-0.25, -0.2) is 0 Å². The third-order valence-corrected chi connectivity index (χ3v) is 3.24. The highest BCUT2D eigenvalue weighted by molar-refractivity contribution is 6.06. The Bertz CT molecular complexity index is 869. The number of hydrogen-bond donors (Lipinski definition) is 0. The van der Waals surface area contributed by atoms with E-state index in [1.54, 1.807) is 0 Å². The molecule has 0 radical (unpaired) electrons. The zero-order valence-corrected chi connectivity index (χ0v) is 10.3. The van der Waals surface area contributed by atoms with Crippen molar-refractivity contribution in [1.82, 2.24) is 0 Å². The minimum absolute atomic E-state index is 0.0667. The molecule has 1 heterocycles. The van der Waals surface area contributed by atoms with E-state index < -0.39 is 0 Å². The van der Waals surface area contributed by atoms with Crippen molar-refractivity contribution in [1.29, 1.82) is 0 Å². The van der Waals surface area contributed by atoms with Crippen LogP contribution in [-0.2, 0) is 0 Å². The summed E-state index contributed by atoms with van der Waals surface area (Å²) in [7, 11) is 0. The molecule has 3 rings (SSSR count). The highest BCUT2D eigenvalue weighted by Crippen LogP contribution is 2.25. The molecule has 0 amide bonds. The summed E-state index contributed by atoms with van der Waals surface area (Å²) in [6.07, 6.45) is 3.05. The average molecular weight is 248 g/mol. The number of hydrogen-bond acceptors (Lipinski definition) is 2. The Kier molecular flexibility index (Phi) is 2.57. The van der Waals surface area contributed by atoms with Crippen LogP contribution in [-0.4, -0.2) is 0 Å². The highest BCUT2D eigenvalue weighted by Gasteiger charge is 2.12. The topological polar surface area (TPSA) is 30.2 Å². The molecule has 0 unspecified atom stereocenters. The summed E-state index contributed by atoms with van der Waals surface area (Å²) in [5.41, 5.74) is 0.964. The summed E-state index contributed by atoms with van der Waals surface area (Å²) >= 11 is 0. The molecule has 19 heavy (non-hydrogen) atoms. The molecule has 0 N–H and O–H groups in total. The summed E-state index contributed by atoms with van der Waals surface area (Å²) in [5, 5.41) is 2.51. The average Bonchev–Trinajstić information content (AvgIpc) is 2.46. The SMILES string of the molecule is C=Cc1oc2ccc3ccccc3c2c(=O)c1C=C. The van der Waals surface area contributed by atoms with Crippen LogP contribution in [0.15, 0.2) is 58.8 Å². The van der Waals surface area contributed by atoms with Crippen LogP contribution in [0.2, 0.25) is 0 Å². The Balaban J connectivity index is 2.63. The van der Waals surface area contributed by atoms with E-state index in [0.717, 1.165) is 10.8 Å². The molecule has 1 aromatic heterocycles. The summed E-state index contributed by atoms with van der Waals surface area (Å²) in [6.45, 7) is 7.35. The molecule has 2 heteroatoms. The van der Waals surface area contributed by atoms with Gasteiger partial charge in [-0.3, -0.25) is 4.79 Å². The van der Waals surface area contributed by atoms with Crippen LogP contribution in [0.5, 0.6) is 0 Å². The summed E-state index contributed by atoms with van der Waals surface area (Å²) in [6, 6.07) is 11.5. The normalized spacial score (nSPS) is 10.7. The van der Waals surface area contributed by atoms with E-state index in [4.69, 9.17) is 4.42 Å². The maximum Gasteiger partial charge on any atom is 0.201 e. The van der Waals surface area contributed by atoms with Crippen LogP contribution in [0.4, 0.5) is 0 Å². The van der Waals surface area contributed by atoms with E-state index >= 15 is 0 Å². The van der Waals surface area contributed by atoms with Crippen molar-refractivity contribution >= 4 is 33.9 Å². The van der Waals surface area contributed by atoms with Crippen LogP contribution < -0.4 is 5.43 Å². The molecule has 0 aliphatic carbocycles. The zero-order chi connectivity index (χ0) is 13.4. The molecular formula is C17H12O2. The Morgan fingerprint density at radius 2 is 1.79 bits per heavy atom. The van der Waals surface area contributed by atoms with Gasteiger partial charge in [-0.15, -0.1) is 0 Å². The van der Waals surface area contributed by atoms with E-state index in [0.29, 0.717) is 22.3 Å². The van der Waals surface area contributed by atoms with Gasteiger partial charge in [-0.05, 0) is 22.9 Å². The van der Waals surface area contributed by atoms with Crippen LogP contribution in [0.1, 0.15) is 11.3 Å². The van der Waals surface area contributed by atoms with Crippen LogP contribution in [0.3, 0.4) is 0 Å². The van der Waals surface area contributed by atoms with Crippen molar-refractivity contribution in [3.05, 3.63) is 71.1 Å². The first kappa shape index (κ1) is 11.5. The van der Waals surface area contributed by atoms with E-state index in [1.807, 2.05) is 36.4 Å². The molecule has 0 bridgehead atoms. The third-order valence-electron chi connectivity index (χ3n) is 3.24. The van der Waals surface area contributed by atoms with Gasteiger partial charge in [0, 0.05) is 0 Å². The lowest BCUT2D eigenvalue weighted by Crippen LogP contribution is -2.07. The Labute approximate surface area is 110 Å². The minimum atomic E-state index is -0.0667. The van der Waals surface area contributed by atoms with Crippen molar-refractivity contribution in [3.8, 4) is 0 Å². The monoisotopic (exact) mass is 248 g/mol. The van der Waals surface area contributed by atoms with Crippen LogP contribution in [0.25, 0.3) is 33.9 Å². The van der Waals surface area contributed by atoms with Crippen LogP contribution in [0, 0.1) is 0 Å². The Morgan fingerprint density at radius 3 is 2.53 bits per heavy atom. The summed E-state index contributed by atoms with van der Waals surface area (Å²) in [5.74, 6) is 0.461. The summed E-state index contributed by atoms with van der Waals surface area (Å²) < 4.78 is 5.73. The van der Waals surface area contributed by atoms with Crippen molar-refractivity contribution in [2.45, 2.75) is 0 Å². The van der Waals surface area contributed by atoms with E-state index in [-0.39, 0.29) is 5.43 Å². The molecule has 0 aliphatic heterocycles. The molecule has 0 saturated carbocycles. The van der Waals surface area contributed by atoms with Gasteiger partial charge < -0.3 is 4.42 Å². The largest absolute Gasteiger partial charge is 0.456 e. The van der Waals surface area contributed by atoms with Crippen molar-refractivity contribution in [2.24, 2.45) is 0 Å². The molecule has 2 nitrogen and oxygen atoms in total. The molecule has 92 valence electrons. The minimum Gasteiger partial charge on any atom is -0.456 e. The van der Waals surface area contributed by atoms with E-state index in [9.17, 15) is 4.79 Å². The number of fused-ring (bicyclic) bond motifs is 3. The van der Waals surface area contributed by atoms with E-state index in [2.05, 4.69) is 13.2 Å². The quantitative estimate of drug-likeness (QED) is 0.635. The van der Waals surface area contributed by atoms with Crippen molar-refractivity contribution in [2.75, 3.05) is 0 Å². The molecule has 0 fully saturated rings. The van der Waals surface area contributed by atoms with E-state index in [1.165, 1.54) is 12.2 Å². The lowest BCUT2D eigenvalue weighted by molar-refractivity contribution is 0.590. The second-order valence-electron chi connectivity index (χ2n) is 4.28. The number of rotatable bonds is 2. The molecule has 3 aromatic rings. The van der Waals surface area contributed by atoms with Gasteiger partial charge in [0.25, 0.3) is 0 Å². The van der Waals surface area contributed by atoms with Gasteiger partial charge in [0.15, 0.2) is 0 Å². The van der Waals surface area contributed by atoms with Gasteiger partial charge >= 0.3 is 0 Å². The maximum absolute atomic E-state index is 12.6. The third kappa shape index (κ3) is 1.61. The van der Waals surface area contributed by atoms with Gasteiger partial charge in [-0.2, -0.15) is 0 Å². The Hall–Kier alpha value is -2.61. The van der Waals surface area contributed by atoms with Gasteiger partial charge in [0.05, 0.1) is 10.9 Å². The summed E-state index contributed by atoms with van der Waals surface area (Å²) in [4.78, 5) is 12.6. The standard InChI is InChI=1S/C17H12O2/c1-3-12-14(4-2)19-15-10-9-11-7-5-6-8-13(11)16(15)17(12)18/h3-10H,1-2H2. The van der Waals surface area contributed by atoms with Gasteiger partial charge in [-0.1, -0.05) is 49.6 Å². The Morgan fingerprint density at radius 1 is 1.00 bits per heavy atom. The van der Waals surface area contributed by atoms with Crippen molar-refractivity contribution in [3.63, 3.8) is 0 Å². The highest BCUT2D eigenvalue weighted by atomic mass is 16.3. The first-order chi connectivity index (χ1) is 9.26. The molecule has 0 saturated heterocycles. The van der Waals surface area contributed by atoms with Crippen molar-refractivity contribution < 1.29 is 4.42 Å². The fourth-order valence-corrected chi connectivity index (χ4v) is 2.34. The first-order valence-corrected chi connectivity index (χ1v) is 5.99. The van der Waals surface area contributed by atoms with Gasteiger partial charge in [0.2, 0.25) is 5.43 Å². The smallest absolute Gasteiger partial charge is 0.201 e. The lowest BCUT2D eigenvalue weighted by atomic mass is 10.0. The van der Waals surface area contributed by atoms with Gasteiger partial charge in [0.1, 0.15) is 11.3 Å².